The smallest absolute Gasteiger partial charge is 0.0749 e. The van der Waals surface area contributed by atoms with Gasteiger partial charge in [-0.3, -0.25) is 4.98 Å². The molecule has 0 fully saturated rings. The van der Waals surface area contributed by atoms with Crippen molar-refractivity contribution in [1.82, 2.24) is 4.98 Å². The average molecular weight is 512 g/mol. The molecule has 190 valence electrons. The topological polar surface area (TPSA) is 12.9 Å². The van der Waals surface area contributed by atoms with Crippen LogP contribution in [0.5, 0.6) is 0 Å². The predicted octanol–water partition coefficient (Wildman–Crippen LogP) is 10.5. The number of hydrogen-bond donors (Lipinski definition) is 0. The van der Waals surface area contributed by atoms with Crippen molar-refractivity contribution in [2.24, 2.45) is 0 Å². The van der Waals surface area contributed by atoms with E-state index in [1.54, 1.807) is 0 Å². The Morgan fingerprint density at radius 1 is 0.500 bits per heavy atom. The summed E-state index contributed by atoms with van der Waals surface area (Å²) in [6.07, 6.45) is 1.92. The van der Waals surface area contributed by atoms with E-state index in [1.807, 2.05) is 6.20 Å². The standard InChI is InChI=1S/C39H29N/c1-24-17-19-25(20-18-24)35-26-10-4-6-12-28(26)36(29-13-7-5-11-27(29)35)31-21-22-33-37-30(31)14-8-15-32(37)38-34(39(33,2)3)16-9-23-40-38/h4-23H,1-3H3. The Hall–Kier alpha value is -4.75. The average Bonchev–Trinajstić information content (AvgIpc) is 2.99. The Balaban J connectivity index is 1.53. The fraction of sp³-hybridized carbons (Fsp3) is 0.103. The van der Waals surface area contributed by atoms with Crippen molar-refractivity contribution in [2.75, 3.05) is 0 Å². The second kappa shape index (κ2) is 8.37. The van der Waals surface area contributed by atoms with Crippen LogP contribution in [0.1, 0.15) is 30.5 Å². The van der Waals surface area contributed by atoms with Gasteiger partial charge in [0.2, 0.25) is 0 Å². The second-order valence-electron chi connectivity index (χ2n) is 11.6. The Bertz CT molecular complexity index is 2070. The number of fused-ring (bicyclic) bond motifs is 4. The van der Waals surface area contributed by atoms with Crippen molar-refractivity contribution >= 4 is 32.3 Å². The maximum atomic E-state index is 4.89. The van der Waals surface area contributed by atoms with Crippen LogP contribution < -0.4 is 0 Å². The molecule has 1 nitrogen and oxygen atoms in total. The fourth-order valence-electron chi connectivity index (χ4n) is 7.06. The van der Waals surface area contributed by atoms with Crippen LogP contribution in [0.2, 0.25) is 0 Å². The molecule has 6 aromatic carbocycles. The van der Waals surface area contributed by atoms with Crippen LogP contribution in [-0.2, 0) is 5.41 Å². The number of aryl methyl sites for hydroxylation is 1. The molecule has 0 aliphatic heterocycles. The van der Waals surface area contributed by atoms with Gasteiger partial charge >= 0.3 is 0 Å². The largest absolute Gasteiger partial charge is 0.256 e. The molecule has 0 N–H and O–H groups in total. The molecule has 0 saturated carbocycles. The third kappa shape index (κ3) is 3.12. The summed E-state index contributed by atoms with van der Waals surface area (Å²) < 4.78 is 0. The van der Waals surface area contributed by atoms with Crippen molar-refractivity contribution < 1.29 is 0 Å². The molecule has 1 aliphatic carbocycles. The molecule has 0 amide bonds. The molecule has 1 heterocycles. The molecule has 0 saturated heterocycles. The van der Waals surface area contributed by atoms with E-state index in [-0.39, 0.29) is 5.41 Å². The van der Waals surface area contributed by atoms with Crippen LogP contribution in [0.4, 0.5) is 0 Å². The summed E-state index contributed by atoms with van der Waals surface area (Å²) in [6.45, 7) is 6.81. The molecular weight excluding hydrogens is 482 g/mol. The second-order valence-corrected chi connectivity index (χ2v) is 11.6. The zero-order valence-corrected chi connectivity index (χ0v) is 23.0. The summed E-state index contributed by atoms with van der Waals surface area (Å²) in [6, 6.07) is 42.6. The Morgan fingerprint density at radius 3 is 1.80 bits per heavy atom. The van der Waals surface area contributed by atoms with Gasteiger partial charge in [0.05, 0.1) is 5.69 Å². The number of nitrogens with zero attached hydrogens (tertiary/aromatic N) is 1. The summed E-state index contributed by atoms with van der Waals surface area (Å²) in [5.74, 6) is 0. The van der Waals surface area contributed by atoms with Gasteiger partial charge in [-0.25, -0.2) is 0 Å². The zero-order chi connectivity index (χ0) is 27.0. The van der Waals surface area contributed by atoms with Gasteiger partial charge < -0.3 is 0 Å². The minimum atomic E-state index is -0.131. The van der Waals surface area contributed by atoms with E-state index in [0.29, 0.717) is 0 Å². The molecule has 1 aromatic heterocycles. The SMILES string of the molecule is Cc1ccc(-c2c3ccccc3c(-c3ccc4c5c(cccc35)-c3ncccc3C4(C)C)c3ccccc23)cc1. The van der Waals surface area contributed by atoms with Crippen LogP contribution in [0.15, 0.2) is 121 Å². The molecule has 7 aromatic rings. The van der Waals surface area contributed by atoms with Crippen LogP contribution in [-0.4, -0.2) is 4.98 Å². The van der Waals surface area contributed by atoms with Crippen molar-refractivity contribution in [1.29, 1.82) is 0 Å². The Morgan fingerprint density at radius 2 is 1.12 bits per heavy atom. The highest BCUT2D eigenvalue weighted by molar-refractivity contribution is 6.24. The fourth-order valence-corrected chi connectivity index (χ4v) is 7.06. The highest BCUT2D eigenvalue weighted by atomic mass is 14.7. The summed E-state index contributed by atoms with van der Waals surface area (Å²) >= 11 is 0. The third-order valence-electron chi connectivity index (χ3n) is 8.99. The van der Waals surface area contributed by atoms with Crippen molar-refractivity contribution in [3.63, 3.8) is 0 Å². The monoisotopic (exact) mass is 511 g/mol. The van der Waals surface area contributed by atoms with Gasteiger partial charge in [-0.15, -0.1) is 0 Å². The first-order valence-electron chi connectivity index (χ1n) is 14.1. The van der Waals surface area contributed by atoms with Gasteiger partial charge in [0, 0.05) is 17.2 Å². The van der Waals surface area contributed by atoms with Gasteiger partial charge in [-0.2, -0.15) is 0 Å². The molecule has 8 rings (SSSR count). The summed E-state index contributed by atoms with van der Waals surface area (Å²) in [4.78, 5) is 4.89. The lowest BCUT2D eigenvalue weighted by atomic mass is 9.69. The highest BCUT2D eigenvalue weighted by Crippen LogP contribution is 2.51. The summed E-state index contributed by atoms with van der Waals surface area (Å²) in [5.41, 5.74) is 11.3. The first-order valence-corrected chi connectivity index (χ1v) is 14.1. The molecule has 0 radical (unpaired) electrons. The lowest BCUT2D eigenvalue weighted by Gasteiger charge is -2.35. The third-order valence-corrected chi connectivity index (χ3v) is 8.99. The van der Waals surface area contributed by atoms with Crippen LogP contribution in [0, 0.1) is 6.92 Å². The highest BCUT2D eigenvalue weighted by Gasteiger charge is 2.34. The van der Waals surface area contributed by atoms with Gasteiger partial charge in [-0.05, 0) is 78.7 Å². The number of rotatable bonds is 2. The maximum Gasteiger partial charge on any atom is 0.0749 e. The van der Waals surface area contributed by atoms with E-state index in [0.717, 1.165) is 5.69 Å². The number of hydrogen-bond acceptors (Lipinski definition) is 1. The lowest BCUT2D eigenvalue weighted by Crippen LogP contribution is -2.24. The van der Waals surface area contributed by atoms with E-state index >= 15 is 0 Å². The minimum Gasteiger partial charge on any atom is -0.256 e. The van der Waals surface area contributed by atoms with Gasteiger partial charge in [-0.1, -0.05) is 129 Å². The van der Waals surface area contributed by atoms with Crippen LogP contribution in [0.25, 0.3) is 65.8 Å². The minimum absolute atomic E-state index is 0.131. The van der Waals surface area contributed by atoms with Gasteiger partial charge in [0.25, 0.3) is 0 Å². The summed E-state index contributed by atoms with van der Waals surface area (Å²) in [5, 5.41) is 7.75. The maximum absolute atomic E-state index is 4.89. The normalized spacial score (nSPS) is 13.6. The summed E-state index contributed by atoms with van der Waals surface area (Å²) in [7, 11) is 0. The number of benzene rings is 6. The number of aromatic nitrogens is 1. The van der Waals surface area contributed by atoms with Crippen LogP contribution >= 0.6 is 0 Å². The quantitative estimate of drug-likeness (QED) is 0.210. The molecule has 0 spiro atoms. The van der Waals surface area contributed by atoms with E-state index in [2.05, 4.69) is 136 Å². The van der Waals surface area contributed by atoms with Crippen LogP contribution in [0.3, 0.4) is 0 Å². The first-order chi connectivity index (χ1) is 19.5. The van der Waals surface area contributed by atoms with Crippen molar-refractivity contribution in [3.05, 3.63) is 138 Å². The molecule has 40 heavy (non-hydrogen) atoms. The Labute approximate surface area is 234 Å². The molecule has 0 atom stereocenters. The van der Waals surface area contributed by atoms with Gasteiger partial charge in [0.15, 0.2) is 0 Å². The van der Waals surface area contributed by atoms with E-state index < -0.39 is 0 Å². The van der Waals surface area contributed by atoms with Gasteiger partial charge in [0.1, 0.15) is 0 Å². The van der Waals surface area contributed by atoms with Crippen molar-refractivity contribution in [2.45, 2.75) is 26.2 Å². The lowest BCUT2D eigenvalue weighted by molar-refractivity contribution is 0.642. The molecule has 1 aliphatic rings. The van der Waals surface area contributed by atoms with Crippen molar-refractivity contribution in [3.8, 4) is 33.5 Å². The first kappa shape index (κ1) is 23.2. The van der Waals surface area contributed by atoms with E-state index in [9.17, 15) is 0 Å². The molecule has 0 unspecified atom stereocenters. The van der Waals surface area contributed by atoms with E-state index in [1.165, 1.54) is 76.8 Å². The Kier molecular flexibility index (Phi) is 4.85. The molecular formula is C39H29N. The zero-order valence-electron chi connectivity index (χ0n) is 23.0. The number of pyridine rings is 1. The molecule has 1 heteroatoms. The molecule has 0 bridgehead atoms. The van der Waals surface area contributed by atoms with E-state index in [4.69, 9.17) is 4.98 Å². The predicted molar refractivity (Wildman–Crippen MR) is 170 cm³/mol.